The van der Waals surface area contributed by atoms with Crippen molar-refractivity contribution in [3.63, 3.8) is 0 Å². The van der Waals surface area contributed by atoms with Gasteiger partial charge in [-0.1, -0.05) is 29.3 Å². The van der Waals surface area contributed by atoms with Gasteiger partial charge in [0.15, 0.2) is 0 Å². The Labute approximate surface area is 98.7 Å². The van der Waals surface area contributed by atoms with E-state index in [0.717, 1.165) is 17.3 Å². The summed E-state index contributed by atoms with van der Waals surface area (Å²) < 4.78 is 28.9. The highest BCUT2D eigenvalue weighted by Gasteiger charge is 2.13. The molecule has 0 N–H and O–H groups in total. The molecule has 15 heavy (non-hydrogen) atoms. The van der Waals surface area contributed by atoms with E-state index >= 15 is 0 Å². The smallest absolute Gasteiger partial charge is 0.266 e. The zero-order valence-electron chi connectivity index (χ0n) is 8.44. The molecular formula is C10H13BrO3S. The SMILES string of the molecule is CCCCOS(=O)(=O)c1ccc(Br)cc1. The summed E-state index contributed by atoms with van der Waals surface area (Å²) in [5, 5.41) is 0. The molecule has 0 aliphatic carbocycles. The third-order valence-corrected chi connectivity index (χ3v) is 3.69. The second-order valence-corrected chi connectivity index (χ2v) is 5.61. The quantitative estimate of drug-likeness (QED) is 0.619. The molecule has 0 spiro atoms. The van der Waals surface area contributed by atoms with Gasteiger partial charge < -0.3 is 0 Å². The maximum Gasteiger partial charge on any atom is 0.296 e. The Kier molecular flexibility index (Phi) is 4.76. The summed E-state index contributed by atoms with van der Waals surface area (Å²) >= 11 is 3.24. The lowest BCUT2D eigenvalue weighted by atomic mass is 10.4. The summed E-state index contributed by atoms with van der Waals surface area (Å²) in [6.45, 7) is 2.23. The van der Waals surface area contributed by atoms with Crippen molar-refractivity contribution < 1.29 is 12.6 Å². The fourth-order valence-electron chi connectivity index (χ4n) is 0.982. The molecule has 0 atom stereocenters. The van der Waals surface area contributed by atoms with E-state index in [-0.39, 0.29) is 11.5 Å². The van der Waals surface area contributed by atoms with Crippen LogP contribution in [0.2, 0.25) is 0 Å². The summed E-state index contributed by atoms with van der Waals surface area (Å²) in [5.74, 6) is 0. The molecule has 0 unspecified atom stereocenters. The number of halogens is 1. The van der Waals surface area contributed by atoms with Gasteiger partial charge in [-0.05, 0) is 30.7 Å². The number of benzene rings is 1. The lowest BCUT2D eigenvalue weighted by molar-refractivity contribution is 0.311. The van der Waals surface area contributed by atoms with Gasteiger partial charge in [-0.3, -0.25) is 4.18 Å². The predicted molar refractivity (Wildman–Crippen MR) is 62.2 cm³/mol. The molecule has 3 nitrogen and oxygen atoms in total. The first kappa shape index (κ1) is 12.7. The standard InChI is InChI=1S/C10H13BrO3S/c1-2-3-8-14-15(12,13)10-6-4-9(11)5-7-10/h4-7H,2-3,8H2,1H3. The van der Waals surface area contributed by atoms with Crippen molar-refractivity contribution in [1.29, 1.82) is 0 Å². The van der Waals surface area contributed by atoms with Crippen LogP contribution in [0.1, 0.15) is 19.8 Å². The molecule has 0 saturated heterocycles. The lowest BCUT2D eigenvalue weighted by Crippen LogP contribution is -2.07. The minimum atomic E-state index is -3.57. The zero-order valence-corrected chi connectivity index (χ0v) is 10.8. The van der Waals surface area contributed by atoms with E-state index in [1.165, 1.54) is 12.1 Å². The number of hydrogen-bond donors (Lipinski definition) is 0. The average Bonchev–Trinajstić information content (AvgIpc) is 2.18. The minimum absolute atomic E-state index is 0.196. The normalized spacial score (nSPS) is 11.6. The van der Waals surface area contributed by atoms with Crippen molar-refractivity contribution in [2.45, 2.75) is 24.7 Å². The summed E-state index contributed by atoms with van der Waals surface area (Å²) in [6.07, 6.45) is 1.66. The van der Waals surface area contributed by atoms with Crippen LogP contribution in [0.4, 0.5) is 0 Å². The van der Waals surface area contributed by atoms with Crippen molar-refractivity contribution in [2.75, 3.05) is 6.61 Å². The van der Waals surface area contributed by atoms with E-state index in [4.69, 9.17) is 4.18 Å². The molecule has 5 heteroatoms. The van der Waals surface area contributed by atoms with Crippen molar-refractivity contribution in [3.8, 4) is 0 Å². The first-order valence-corrected chi connectivity index (χ1v) is 6.91. The van der Waals surface area contributed by atoms with Gasteiger partial charge in [-0.2, -0.15) is 8.42 Å². The average molecular weight is 293 g/mol. The third kappa shape index (κ3) is 3.93. The second kappa shape index (κ2) is 5.63. The topological polar surface area (TPSA) is 43.4 Å². The molecule has 0 amide bonds. The van der Waals surface area contributed by atoms with Gasteiger partial charge in [0.2, 0.25) is 0 Å². The van der Waals surface area contributed by atoms with E-state index in [9.17, 15) is 8.42 Å². The lowest BCUT2D eigenvalue weighted by Gasteiger charge is -2.04. The van der Waals surface area contributed by atoms with Gasteiger partial charge in [-0.25, -0.2) is 0 Å². The van der Waals surface area contributed by atoms with Gasteiger partial charge >= 0.3 is 0 Å². The van der Waals surface area contributed by atoms with Crippen LogP contribution in [0.3, 0.4) is 0 Å². The highest BCUT2D eigenvalue weighted by molar-refractivity contribution is 9.10. The molecule has 1 aromatic carbocycles. The van der Waals surface area contributed by atoms with E-state index in [0.29, 0.717) is 0 Å². The molecule has 0 fully saturated rings. The molecule has 0 aromatic heterocycles. The fourth-order valence-corrected chi connectivity index (χ4v) is 2.19. The van der Waals surface area contributed by atoms with E-state index in [1.807, 2.05) is 6.92 Å². The van der Waals surface area contributed by atoms with Crippen LogP contribution in [-0.2, 0) is 14.3 Å². The van der Waals surface area contributed by atoms with Gasteiger partial charge in [0.25, 0.3) is 10.1 Å². The Morgan fingerprint density at radius 2 is 1.87 bits per heavy atom. The number of rotatable bonds is 5. The monoisotopic (exact) mass is 292 g/mol. The Balaban J connectivity index is 2.73. The Bertz CT molecular complexity index is 397. The van der Waals surface area contributed by atoms with E-state index in [1.54, 1.807) is 12.1 Å². The summed E-state index contributed by atoms with van der Waals surface area (Å²) in [6, 6.07) is 6.39. The predicted octanol–water partition coefficient (Wildman–Crippen LogP) is 2.95. The fraction of sp³-hybridized carbons (Fsp3) is 0.400. The molecule has 0 aliphatic rings. The van der Waals surface area contributed by atoms with Crippen LogP contribution in [0.25, 0.3) is 0 Å². The molecule has 0 saturated carbocycles. The van der Waals surface area contributed by atoms with Crippen LogP contribution >= 0.6 is 15.9 Å². The zero-order chi connectivity index (χ0) is 11.3. The van der Waals surface area contributed by atoms with Gasteiger partial charge in [0.1, 0.15) is 0 Å². The highest BCUT2D eigenvalue weighted by atomic mass is 79.9. The maximum absolute atomic E-state index is 11.6. The molecule has 0 aliphatic heterocycles. The number of hydrogen-bond acceptors (Lipinski definition) is 3. The molecule has 0 radical (unpaired) electrons. The molecule has 84 valence electrons. The van der Waals surface area contributed by atoms with Gasteiger partial charge in [-0.15, -0.1) is 0 Å². The van der Waals surface area contributed by atoms with E-state index < -0.39 is 10.1 Å². The van der Waals surface area contributed by atoms with Crippen LogP contribution < -0.4 is 0 Å². The summed E-state index contributed by atoms with van der Waals surface area (Å²) in [7, 11) is -3.57. The van der Waals surface area contributed by atoms with Crippen LogP contribution in [-0.4, -0.2) is 15.0 Å². The molecule has 0 bridgehead atoms. The summed E-state index contributed by atoms with van der Waals surface area (Å²) in [5.41, 5.74) is 0. The molecule has 1 aromatic rings. The van der Waals surface area contributed by atoms with Gasteiger partial charge in [0.05, 0.1) is 11.5 Å². The van der Waals surface area contributed by atoms with Crippen LogP contribution in [0.5, 0.6) is 0 Å². The van der Waals surface area contributed by atoms with Crippen molar-refractivity contribution >= 4 is 26.0 Å². The Morgan fingerprint density at radius 3 is 2.40 bits per heavy atom. The van der Waals surface area contributed by atoms with Crippen LogP contribution in [0.15, 0.2) is 33.6 Å². The number of unbranched alkanes of at least 4 members (excludes halogenated alkanes) is 1. The van der Waals surface area contributed by atoms with Crippen molar-refractivity contribution in [1.82, 2.24) is 0 Å². The molecular weight excluding hydrogens is 280 g/mol. The maximum atomic E-state index is 11.6. The van der Waals surface area contributed by atoms with E-state index in [2.05, 4.69) is 15.9 Å². The summed E-state index contributed by atoms with van der Waals surface area (Å²) in [4.78, 5) is 0.196. The second-order valence-electron chi connectivity index (χ2n) is 3.08. The molecule has 0 heterocycles. The first-order chi connectivity index (χ1) is 7.06. The van der Waals surface area contributed by atoms with Crippen molar-refractivity contribution in [3.05, 3.63) is 28.7 Å². The van der Waals surface area contributed by atoms with Crippen LogP contribution in [0, 0.1) is 0 Å². The van der Waals surface area contributed by atoms with Crippen molar-refractivity contribution in [2.24, 2.45) is 0 Å². The minimum Gasteiger partial charge on any atom is -0.266 e. The van der Waals surface area contributed by atoms with Gasteiger partial charge in [0, 0.05) is 4.47 Å². The first-order valence-electron chi connectivity index (χ1n) is 4.71. The Hall–Kier alpha value is -0.390. The largest absolute Gasteiger partial charge is 0.296 e. The molecule has 1 rings (SSSR count). The third-order valence-electron chi connectivity index (χ3n) is 1.84. The highest BCUT2D eigenvalue weighted by Crippen LogP contribution is 2.16. The Morgan fingerprint density at radius 1 is 1.27 bits per heavy atom.